The lowest BCUT2D eigenvalue weighted by Crippen LogP contribution is -2.32. The molecule has 0 aliphatic carbocycles. The molecule has 0 fully saturated rings. The van der Waals surface area contributed by atoms with Gasteiger partial charge < -0.3 is 0 Å². The summed E-state index contributed by atoms with van der Waals surface area (Å²) in [6.07, 6.45) is -9.19. The van der Waals surface area contributed by atoms with E-state index < -0.39 is 24.0 Å². The molecular formula is C11H11F6NS. The number of nitrogens with zero attached hydrogens (tertiary/aromatic N) is 1. The first kappa shape index (κ1) is 16.2. The highest BCUT2D eigenvalue weighted by molar-refractivity contribution is 7.77. The molecule has 1 rings (SSSR count). The molecule has 0 aliphatic heterocycles. The quantitative estimate of drug-likeness (QED) is 0.636. The van der Waals surface area contributed by atoms with Gasteiger partial charge in [-0.3, -0.25) is 0 Å². The highest BCUT2D eigenvalue weighted by atomic mass is 32.1. The zero-order valence-corrected chi connectivity index (χ0v) is 10.7. The molecule has 1 unspecified atom stereocenters. The third-order valence-electron chi connectivity index (χ3n) is 2.49. The Hall–Kier alpha value is -0.890. The van der Waals surface area contributed by atoms with E-state index in [4.69, 9.17) is 0 Å². The molecule has 1 aromatic rings. The summed E-state index contributed by atoms with van der Waals surface area (Å²) in [6, 6.07) is 0.860. The van der Waals surface area contributed by atoms with Crippen molar-refractivity contribution >= 4 is 12.8 Å². The molecule has 8 heteroatoms. The molecule has 1 nitrogen and oxygen atoms in total. The largest absolute Gasteiger partial charge is 0.416 e. The maximum atomic E-state index is 12.9. The van der Waals surface area contributed by atoms with Gasteiger partial charge in [0.2, 0.25) is 0 Å². The van der Waals surface area contributed by atoms with E-state index in [9.17, 15) is 26.3 Å². The summed E-state index contributed by atoms with van der Waals surface area (Å²) in [5, 5.41) is 0. The summed E-state index contributed by atoms with van der Waals surface area (Å²) < 4.78 is 76.3. The van der Waals surface area contributed by atoms with Gasteiger partial charge in [0.1, 0.15) is 6.04 Å². The van der Waals surface area contributed by atoms with Gasteiger partial charge in [0.25, 0.3) is 0 Å². The van der Waals surface area contributed by atoms with Crippen molar-refractivity contribution in [3.8, 4) is 0 Å². The van der Waals surface area contributed by atoms with Crippen LogP contribution in [0.3, 0.4) is 0 Å². The van der Waals surface area contributed by atoms with Crippen molar-refractivity contribution in [2.24, 2.45) is 0 Å². The monoisotopic (exact) mass is 303 g/mol. The lowest BCUT2D eigenvalue weighted by molar-refractivity contribution is -0.171. The highest BCUT2D eigenvalue weighted by Crippen LogP contribution is 2.39. The minimum Gasteiger partial charge on any atom is -0.237 e. The van der Waals surface area contributed by atoms with Crippen molar-refractivity contribution in [2.75, 3.05) is 6.54 Å². The lowest BCUT2D eigenvalue weighted by atomic mass is 10.0. The number of hydrogen-bond acceptors (Lipinski definition) is 2. The van der Waals surface area contributed by atoms with Crippen molar-refractivity contribution in [1.29, 1.82) is 0 Å². The Morgan fingerprint density at radius 2 is 1.53 bits per heavy atom. The fourth-order valence-electron chi connectivity index (χ4n) is 1.57. The van der Waals surface area contributed by atoms with Gasteiger partial charge in [-0.05, 0) is 17.7 Å². The normalized spacial score (nSPS) is 14.8. The fraction of sp³-hybridized carbons (Fsp3) is 0.455. The van der Waals surface area contributed by atoms with Crippen LogP contribution < -0.4 is 0 Å². The lowest BCUT2D eigenvalue weighted by Gasteiger charge is -2.28. The topological polar surface area (TPSA) is 3.24 Å². The van der Waals surface area contributed by atoms with Crippen LogP contribution in [0, 0.1) is 0 Å². The van der Waals surface area contributed by atoms with E-state index in [1.807, 2.05) is 0 Å². The summed E-state index contributed by atoms with van der Waals surface area (Å²) in [5.41, 5.74) is -1.27. The SMILES string of the molecule is CCN(S)C(c1ccc(C(F)(F)F)cc1)C(F)(F)F. The summed E-state index contributed by atoms with van der Waals surface area (Å²) in [5.74, 6) is 0. The van der Waals surface area contributed by atoms with Gasteiger partial charge in [-0.1, -0.05) is 31.9 Å². The molecule has 0 bridgehead atoms. The fourth-order valence-corrected chi connectivity index (χ4v) is 1.83. The van der Waals surface area contributed by atoms with E-state index in [0.717, 1.165) is 16.4 Å². The summed E-state index contributed by atoms with van der Waals surface area (Å²) >= 11 is 3.70. The second-order valence-corrected chi connectivity index (χ2v) is 4.33. The third kappa shape index (κ3) is 4.04. The first-order valence-corrected chi connectivity index (χ1v) is 5.66. The Labute approximate surface area is 111 Å². The Morgan fingerprint density at radius 1 is 1.05 bits per heavy atom. The van der Waals surface area contributed by atoms with E-state index in [2.05, 4.69) is 12.8 Å². The number of hydrogen-bond donors (Lipinski definition) is 1. The third-order valence-corrected chi connectivity index (χ3v) is 3.00. The zero-order valence-electron chi connectivity index (χ0n) is 9.76. The smallest absolute Gasteiger partial charge is 0.237 e. The van der Waals surface area contributed by atoms with Gasteiger partial charge in [0, 0.05) is 6.54 Å². The van der Waals surface area contributed by atoms with Crippen molar-refractivity contribution in [2.45, 2.75) is 25.3 Å². The molecule has 108 valence electrons. The Morgan fingerprint density at radius 3 is 1.84 bits per heavy atom. The highest BCUT2D eigenvalue weighted by Gasteiger charge is 2.43. The molecule has 19 heavy (non-hydrogen) atoms. The van der Waals surface area contributed by atoms with E-state index in [1.54, 1.807) is 0 Å². The summed E-state index contributed by atoms with van der Waals surface area (Å²) in [6.45, 7) is 1.46. The molecule has 0 saturated heterocycles. The van der Waals surface area contributed by atoms with Crippen molar-refractivity contribution in [3.05, 3.63) is 35.4 Å². The molecule has 0 spiro atoms. The second kappa shape index (κ2) is 5.62. The van der Waals surface area contributed by atoms with Crippen LogP contribution in [0.15, 0.2) is 24.3 Å². The molecule has 0 aromatic heterocycles. The Bertz CT molecular complexity index is 411. The maximum absolute atomic E-state index is 12.9. The summed E-state index contributed by atoms with van der Waals surface area (Å²) in [7, 11) is 0. The predicted octanol–water partition coefficient (Wildman–Crippen LogP) is 4.48. The molecule has 0 N–H and O–H groups in total. The molecule has 0 radical (unpaired) electrons. The Balaban J connectivity index is 3.12. The second-order valence-electron chi connectivity index (χ2n) is 3.82. The van der Waals surface area contributed by atoms with Gasteiger partial charge in [0.05, 0.1) is 5.56 Å². The van der Waals surface area contributed by atoms with Crippen LogP contribution in [-0.2, 0) is 6.18 Å². The minimum atomic E-state index is -4.61. The van der Waals surface area contributed by atoms with Gasteiger partial charge in [-0.2, -0.15) is 26.3 Å². The average Bonchev–Trinajstić information content (AvgIpc) is 2.26. The number of halogens is 6. The molecule has 0 amide bonds. The minimum absolute atomic E-state index is 0.00564. The first-order chi connectivity index (χ1) is 8.57. The van der Waals surface area contributed by atoms with Crippen LogP contribution in [0.2, 0.25) is 0 Å². The van der Waals surface area contributed by atoms with Crippen LogP contribution in [0.4, 0.5) is 26.3 Å². The van der Waals surface area contributed by atoms with Gasteiger partial charge in [0.15, 0.2) is 0 Å². The number of rotatable bonds is 3. The zero-order chi connectivity index (χ0) is 14.8. The summed E-state index contributed by atoms with van der Waals surface area (Å²) in [4.78, 5) is 0. The van der Waals surface area contributed by atoms with Crippen LogP contribution in [-0.4, -0.2) is 17.0 Å². The molecule has 0 aliphatic rings. The van der Waals surface area contributed by atoms with E-state index >= 15 is 0 Å². The maximum Gasteiger partial charge on any atom is 0.416 e. The van der Waals surface area contributed by atoms with E-state index in [1.165, 1.54) is 6.92 Å². The molecule has 0 saturated carbocycles. The Kier molecular flexibility index (Phi) is 4.78. The van der Waals surface area contributed by atoms with Gasteiger partial charge >= 0.3 is 12.4 Å². The van der Waals surface area contributed by atoms with Gasteiger partial charge in [-0.25, -0.2) is 4.31 Å². The van der Waals surface area contributed by atoms with Crippen molar-refractivity contribution in [3.63, 3.8) is 0 Å². The number of benzene rings is 1. The van der Waals surface area contributed by atoms with Crippen LogP contribution in [0.1, 0.15) is 24.1 Å². The van der Waals surface area contributed by atoms with Crippen LogP contribution in [0.25, 0.3) is 0 Å². The molecule has 1 atom stereocenters. The number of thiol groups is 1. The van der Waals surface area contributed by atoms with E-state index in [-0.39, 0.29) is 12.1 Å². The number of alkyl halides is 6. The predicted molar refractivity (Wildman–Crippen MR) is 61.6 cm³/mol. The molecule has 0 heterocycles. The van der Waals surface area contributed by atoms with E-state index in [0.29, 0.717) is 12.1 Å². The molecule has 1 aromatic carbocycles. The van der Waals surface area contributed by atoms with Crippen molar-refractivity contribution < 1.29 is 26.3 Å². The van der Waals surface area contributed by atoms with Crippen LogP contribution >= 0.6 is 12.8 Å². The average molecular weight is 303 g/mol. The van der Waals surface area contributed by atoms with Crippen LogP contribution in [0.5, 0.6) is 0 Å². The van der Waals surface area contributed by atoms with Crippen molar-refractivity contribution in [1.82, 2.24) is 4.31 Å². The van der Waals surface area contributed by atoms with Gasteiger partial charge in [-0.15, -0.1) is 0 Å². The first-order valence-electron chi connectivity index (χ1n) is 5.26. The standard InChI is InChI=1S/C11H11F6NS/c1-2-18(19)9(11(15,16)17)7-3-5-8(6-4-7)10(12,13)14/h3-6,9,19H,2H2,1H3. The molecular weight excluding hydrogens is 292 g/mol.